The lowest BCUT2D eigenvalue weighted by Gasteiger charge is -2.22. The molecule has 1 heterocycles. The number of methoxy groups -OCH3 is 2. The minimum absolute atomic E-state index is 0.101. The Hall–Kier alpha value is -3.09. The van der Waals surface area contributed by atoms with Crippen molar-refractivity contribution >= 4 is 11.9 Å². The molecule has 138 valence electrons. The molecule has 0 fully saturated rings. The minimum atomic E-state index is -0.380. The van der Waals surface area contributed by atoms with E-state index in [0.717, 1.165) is 5.69 Å². The van der Waals surface area contributed by atoms with Gasteiger partial charge >= 0.3 is 5.97 Å². The lowest BCUT2D eigenvalue weighted by Crippen LogP contribution is -2.36. The van der Waals surface area contributed by atoms with Crippen molar-refractivity contribution in [2.24, 2.45) is 0 Å². The molecule has 2 rings (SSSR count). The molecule has 0 saturated heterocycles. The van der Waals surface area contributed by atoms with Crippen LogP contribution in [0.15, 0.2) is 48.7 Å². The predicted octanol–water partition coefficient (Wildman–Crippen LogP) is 2.06. The van der Waals surface area contributed by atoms with Crippen molar-refractivity contribution < 1.29 is 23.8 Å². The number of nitrogens with zero attached hydrogens (tertiary/aromatic N) is 2. The third-order valence-electron chi connectivity index (χ3n) is 3.67. The zero-order valence-electron chi connectivity index (χ0n) is 14.9. The summed E-state index contributed by atoms with van der Waals surface area (Å²) in [6.45, 7) is 0.331. The molecule has 1 amide bonds. The van der Waals surface area contributed by atoms with Crippen LogP contribution in [0.25, 0.3) is 0 Å². The first-order chi connectivity index (χ1) is 12.6. The highest BCUT2D eigenvalue weighted by Crippen LogP contribution is 2.25. The van der Waals surface area contributed by atoms with Gasteiger partial charge in [-0.3, -0.25) is 14.6 Å². The number of carbonyl (C=O) groups is 2. The van der Waals surface area contributed by atoms with Crippen LogP contribution in [0, 0.1) is 0 Å². The number of pyridine rings is 1. The molecule has 1 aromatic carbocycles. The van der Waals surface area contributed by atoms with Gasteiger partial charge < -0.3 is 19.1 Å². The van der Waals surface area contributed by atoms with Crippen molar-refractivity contribution in [2.75, 3.05) is 27.4 Å². The quantitative estimate of drug-likeness (QED) is 0.639. The zero-order valence-corrected chi connectivity index (χ0v) is 14.9. The summed E-state index contributed by atoms with van der Waals surface area (Å²) in [5, 5.41) is 0. The Bertz CT molecular complexity index is 721. The Balaban J connectivity index is 2.02. The lowest BCUT2D eigenvalue weighted by atomic mass is 10.3. The SMILES string of the molecule is COC(=O)CCN(Cc1ccccn1)C(=O)COc1ccccc1OC. The van der Waals surface area contributed by atoms with Gasteiger partial charge in [0.1, 0.15) is 0 Å². The summed E-state index contributed by atoms with van der Waals surface area (Å²) in [7, 11) is 2.85. The van der Waals surface area contributed by atoms with Gasteiger partial charge in [0.05, 0.1) is 32.9 Å². The van der Waals surface area contributed by atoms with Crippen molar-refractivity contribution in [3.05, 3.63) is 54.4 Å². The van der Waals surface area contributed by atoms with Crippen LogP contribution in [0.4, 0.5) is 0 Å². The van der Waals surface area contributed by atoms with Gasteiger partial charge in [-0.25, -0.2) is 0 Å². The van der Waals surface area contributed by atoms with E-state index in [1.54, 1.807) is 30.5 Å². The van der Waals surface area contributed by atoms with Crippen molar-refractivity contribution in [3.63, 3.8) is 0 Å². The molecule has 0 aliphatic rings. The molecule has 0 N–H and O–H groups in total. The van der Waals surface area contributed by atoms with Crippen LogP contribution in [-0.4, -0.2) is 49.1 Å². The third kappa shape index (κ3) is 5.77. The first kappa shape index (κ1) is 19.2. The Morgan fingerprint density at radius 2 is 1.77 bits per heavy atom. The van der Waals surface area contributed by atoms with Gasteiger partial charge in [0.15, 0.2) is 18.1 Å². The molecule has 0 aliphatic carbocycles. The van der Waals surface area contributed by atoms with Gasteiger partial charge in [0.2, 0.25) is 0 Å². The Labute approximate surface area is 152 Å². The van der Waals surface area contributed by atoms with Crippen molar-refractivity contribution in [3.8, 4) is 11.5 Å². The van der Waals surface area contributed by atoms with Gasteiger partial charge in [0, 0.05) is 12.7 Å². The number of amides is 1. The number of rotatable bonds is 9. The van der Waals surface area contributed by atoms with Crippen LogP contribution in [0.5, 0.6) is 11.5 Å². The topological polar surface area (TPSA) is 78.0 Å². The highest BCUT2D eigenvalue weighted by molar-refractivity contribution is 5.78. The zero-order chi connectivity index (χ0) is 18.8. The second-order valence-corrected chi connectivity index (χ2v) is 5.40. The van der Waals surface area contributed by atoms with E-state index in [1.807, 2.05) is 18.2 Å². The molecule has 0 saturated carbocycles. The highest BCUT2D eigenvalue weighted by Gasteiger charge is 2.17. The molecule has 7 nitrogen and oxygen atoms in total. The molecule has 0 spiro atoms. The summed E-state index contributed by atoms with van der Waals surface area (Å²) >= 11 is 0. The van der Waals surface area contributed by atoms with Crippen LogP contribution >= 0.6 is 0 Å². The van der Waals surface area contributed by atoms with E-state index in [9.17, 15) is 9.59 Å². The molecule has 0 radical (unpaired) electrons. The van der Waals surface area contributed by atoms with Crippen LogP contribution in [0.2, 0.25) is 0 Å². The molecular formula is C19H22N2O5. The molecule has 7 heteroatoms. The molecule has 26 heavy (non-hydrogen) atoms. The molecule has 0 bridgehead atoms. The maximum atomic E-state index is 12.6. The number of ether oxygens (including phenoxy) is 3. The first-order valence-electron chi connectivity index (χ1n) is 8.14. The lowest BCUT2D eigenvalue weighted by molar-refractivity contribution is -0.142. The highest BCUT2D eigenvalue weighted by atomic mass is 16.5. The number of hydrogen-bond acceptors (Lipinski definition) is 6. The van der Waals surface area contributed by atoms with Crippen molar-refractivity contribution in [1.82, 2.24) is 9.88 Å². The van der Waals surface area contributed by atoms with Crippen molar-refractivity contribution in [1.29, 1.82) is 0 Å². The van der Waals surface area contributed by atoms with E-state index in [4.69, 9.17) is 9.47 Å². The Morgan fingerprint density at radius 1 is 1.04 bits per heavy atom. The first-order valence-corrected chi connectivity index (χ1v) is 8.14. The van der Waals surface area contributed by atoms with E-state index in [0.29, 0.717) is 11.5 Å². The number of hydrogen-bond donors (Lipinski definition) is 0. The number of benzene rings is 1. The minimum Gasteiger partial charge on any atom is -0.493 e. The van der Waals surface area contributed by atoms with Gasteiger partial charge in [0.25, 0.3) is 5.91 Å². The molecule has 2 aromatic rings. The Morgan fingerprint density at radius 3 is 2.42 bits per heavy atom. The molecule has 0 atom stereocenters. The Kier molecular flexibility index (Phi) is 7.42. The van der Waals surface area contributed by atoms with E-state index in [1.165, 1.54) is 19.1 Å². The summed E-state index contributed by atoms with van der Waals surface area (Å²) in [5.74, 6) is 0.389. The van der Waals surface area contributed by atoms with Crippen LogP contribution in [0.3, 0.4) is 0 Å². The average molecular weight is 358 g/mol. The number of esters is 1. The normalized spacial score (nSPS) is 10.1. The van der Waals surface area contributed by atoms with Gasteiger partial charge in [-0.2, -0.15) is 0 Å². The third-order valence-corrected chi connectivity index (χ3v) is 3.67. The van der Waals surface area contributed by atoms with Crippen LogP contribution in [-0.2, 0) is 20.9 Å². The summed E-state index contributed by atoms with van der Waals surface area (Å²) in [6, 6.07) is 12.6. The fourth-order valence-electron chi connectivity index (χ4n) is 2.28. The van der Waals surface area contributed by atoms with E-state index in [-0.39, 0.29) is 38.0 Å². The van der Waals surface area contributed by atoms with Gasteiger partial charge in [-0.1, -0.05) is 18.2 Å². The second-order valence-electron chi connectivity index (χ2n) is 5.40. The summed E-state index contributed by atoms with van der Waals surface area (Å²) < 4.78 is 15.4. The van der Waals surface area contributed by atoms with Crippen LogP contribution in [0.1, 0.15) is 12.1 Å². The molecule has 0 unspecified atom stereocenters. The number of carbonyl (C=O) groups excluding carboxylic acids is 2. The number of aromatic nitrogens is 1. The van der Waals surface area contributed by atoms with E-state index >= 15 is 0 Å². The smallest absolute Gasteiger partial charge is 0.307 e. The summed E-state index contributed by atoms with van der Waals surface area (Å²) in [6.07, 6.45) is 1.76. The fraction of sp³-hybridized carbons (Fsp3) is 0.316. The van der Waals surface area contributed by atoms with E-state index < -0.39 is 0 Å². The number of para-hydroxylation sites is 2. The monoisotopic (exact) mass is 358 g/mol. The van der Waals surface area contributed by atoms with Gasteiger partial charge in [-0.15, -0.1) is 0 Å². The molecule has 0 aliphatic heterocycles. The standard InChI is InChI=1S/C19H22N2O5/c1-24-16-8-3-4-9-17(16)26-14-18(22)21(12-10-19(23)25-2)13-15-7-5-6-11-20-15/h3-9,11H,10,12-14H2,1-2H3. The summed E-state index contributed by atoms with van der Waals surface area (Å²) in [5.41, 5.74) is 0.725. The average Bonchev–Trinajstić information content (AvgIpc) is 2.69. The predicted molar refractivity (Wildman–Crippen MR) is 94.8 cm³/mol. The maximum absolute atomic E-state index is 12.6. The largest absolute Gasteiger partial charge is 0.493 e. The molecular weight excluding hydrogens is 336 g/mol. The van der Waals surface area contributed by atoms with Crippen LogP contribution < -0.4 is 9.47 Å². The fourth-order valence-corrected chi connectivity index (χ4v) is 2.28. The van der Waals surface area contributed by atoms with Crippen molar-refractivity contribution in [2.45, 2.75) is 13.0 Å². The van der Waals surface area contributed by atoms with E-state index in [2.05, 4.69) is 9.72 Å². The second kappa shape index (κ2) is 10.0. The van der Waals surface area contributed by atoms with Gasteiger partial charge in [-0.05, 0) is 24.3 Å². The maximum Gasteiger partial charge on any atom is 0.307 e. The molecule has 1 aromatic heterocycles. The summed E-state index contributed by atoms with van der Waals surface area (Å²) in [4.78, 5) is 29.8.